The Bertz CT molecular complexity index is 962. The van der Waals surface area contributed by atoms with Crippen LogP contribution in [0.25, 0.3) is 5.76 Å². The van der Waals surface area contributed by atoms with Gasteiger partial charge in [-0.2, -0.15) is 0 Å². The van der Waals surface area contributed by atoms with E-state index in [2.05, 4.69) is 13.8 Å². The summed E-state index contributed by atoms with van der Waals surface area (Å²) in [7, 11) is 0. The predicted octanol–water partition coefficient (Wildman–Crippen LogP) is 4.86. The second-order valence-electron chi connectivity index (χ2n) is 8.09. The van der Waals surface area contributed by atoms with E-state index in [0.29, 0.717) is 24.6 Å². The van der Waals surface area contributed by atoms with E-state index in [-0.39, 0.29) is 11.3 Å². The van der Waals surface area contributed by atoms with E-state index in [4.69, 9.17) is 4.74 Å². The number of rotatable bonds is 7. The summed E-state index contributed by atoms with van der Waals surface area (Å²) in [6.07, 6.45) is 0.720. The van der Waals surface area contributed by atoms with Crippen molar-refractivity contribution in [2.45, 2.75) is 40.2 Å². The van der Waals surface area contributed by atoms with Gasteiger partial charge < -0.3 is 14.7 Å². The molecule has 30 heavy (non-hydrogen) atoms. The first kappa shape index (κ1) is 21.6. The third-order valence-electron chi connectivity index (χ3n) is 5.14. The zero-order valence-electron chi connectivity index (χ0n) is 18.0. The van der Waals surface area contributed by atoms with E-state index in [9.17, 15) is 14.7 Å². The van der Waals surface area contributed by atoms with E-state index in [1.807, 2.05) is 44.2 Å². The maximum atomic E-state index is 12.9. The third kappa shape index (κ3) is 4.25. The summed E-state index contributed by atoms with van der Waals surface area (Å²) >= 11 is 0. The summed E-state index contributed by atoms with van der Waals surface area (Å²) in [6.45, 7) is 9.06. The van der Waals surface area contributed by atoms with Crippen molar-refractivity contribution < 1.29 is 19.4 Å². The van der Waals surface area contributed by atoms with E-state index < -0.39 is 17.7 Å². The molecule has 1 heterocycles. The highest BCUT2D eigenvalue weighted by Crippen LogP contribution is 2.39. The molecule has 0 bridgehead atoms. The second-order valence-corrected chi connectivity index (χ2v) is 8.09. The highest BCUT2D eigenvalue weighted by Gasteiger charge is 2.45. The van der Waals surface area contributed by atoms with Crippen LogP contribution < -0.4 is 4.74 Å². The summed E-state index contributed by atoms with van der Waals surface area (Å²) in [5.41, 5.74) is 2.30. The number of aliphatic hydroxyl groups is 1. The average Bonchev–Trinajstić information content (AvgIpc) is 2.98. The Morgan fingerprint density at radius 2 is 1.83 bits per heavy atom. The summed E-state index contributed by atoms with van der Waals surface area (Å²) in [4.78, 5) is 27.1. The largest absolute Gasteiger partial charge is 0.507 e. The Kier molecular flexibility index (Phi) is 6.60. The van der Waals surface area contributed by atoms with E-state index in [1.54, 1.807) is 23.1 Å². The molecule has 5 heteroatoms. The molecular formula is C25H29NO4. The first-order chi connectivity index (χ1) is 14.3. The number of carbonyl (C=O) groups excluding carboxylic acids is 2. The van der Waals surface area contributed by atoms with Gasteiger partial charge in [0.1, 0.15) is 11.5 Å². The zero-order chi connectivity index (χ0) is 21.8. The van der Waals surface area contributed by atoms with Crippen LogP contribution in [-0.2, 0) is 9.59 Å². The minimum atomic E-state index is -0.646. The van der Waals surface area contributed by atoms with Crippen LogP contribution >= 0.6 is 0 Å². The smallest absolute Gasteiger partial charge is 0.295 e. The molecule has 0 aromatic heterocycles. The van der Waals surface area contributed by atoms with Crippen molar-refractivity contribution in [1.82, 2.24) is 4.90 Å². The topological polar surface area (TPSA) is 66.8 Å². The lowest BCUT2D eigenvalue weighted by Crippen LogP contribution is -2.30. The van der Waals surface area contributed by atoms with Crippen LogP contribution in [0.2, 0.25) is 0 Å². The Morgan fingerprint density at radius 1 is 1.13 bits per heavy atom. The molecule has 1 aliphatic rings. The number of amides is 1. The van der Waals surface area contributed by atoms with Crippen LogP contribution in [0, 0.1) is 12.8 Å². The summed E-state index contributed by atoms with van der Waals surface area (Å²) in [5.74, 6) is -0.225. The maximum absolute atomic E-state index is 12.9. The lowest BCUT2D eigenvalue weighted by atomic mass is 9.95. The third-order valence-corrected chi connectivity index (χ3v) is 5.14. The SMILES string of the molecule is CCCN1C(=O)C(=O)/C(=C(\O)c2ccc(OCC(C)C)c(C)c2)C1c1ccccc1. The molecule has 1 unspecified atom stereocenters. The number of benzene rings is 2. The first-order valence-corrected chi connectivity index (χ1v) is 10.4. The number of carbonyl (C=O) groups is 2. The number of aliphatic hydroxyl groups excluding tert-OH is 1. The molecule has 2 aromatic carbocycles. The van der Waals surface area contributed by atoms with Crippen molar-refractivity contribution in [3.05, 3.63) is 70.8 Å². The number of ether oxygens (including phenoxy) is 1. The molecule has 3 rings (SSSR count). The molecule has 0 saturated carbocycles. The molecule has 1 atom stereocenters. The molecule has 1 fully saturated rings. The summed E-state index contributed by atoms with van der Waals surface area (Å²) < 4.78 is 5.81. The normalized spacial score (nSPS) is 18.3. The number of hydrogen-bond donors (Lipinski definition) is 1. The fraction of sp³-hybridized carbons (Fsp3) is 0.360. The van der Waals surface area contributed by atoms with Crippen LogP contribution in [0.1, 0.15) is 49.9 Å². The maximum Gasteiger partial charge on any atom is 0.295 e. The van der Waals surface area contributed by atoms with Crippen molar-refractivity contribution >= 4 is 17.4 Å². The fourth-order valence-corrected chi connectivity index (χ4v) is 3.70. The van der Waals surface area contributed by atoms with Gasteiger partial charge in [0.15, 0.2) is 0 Å². The Balaban J connectivity index is 2.06. The monoisotopic (exact) mass is 407 g/mol. The van der Waals surface area contributed by atoms with Gasteiger partial charge in [0.2, 0.25) is 0 Å². The molecule has 2 aromatic rings. The van der Waals surface area contributed by atoms with Crippen molar-refractivity contribution in [1.29, 1.82) is 0 Å². The number of Topliss-reactive ketones (excluding diaryl/α,β-unsaturated/α-hetero) is 1. The van der Waals surface area contributed by atoms with Gasteiger partial charge in [-0.15, -0.1) is 0 Å². The van der Waals surface area contributed by atoms with Crippen molar-refractivity contribution in [3.63, 3.8) is 0 Å². The molecular weight excluding hydrogens is 378 g/mol. The Labute approximate surface area is 178 Å². The van der Waals surface area contributed by atoms with Crippen LogP contribution in [0.15, 0.2) is 54.1 Å². The molecule has 1 N–H and O–H groups in total. The van der Waals surface area contributed by atoms with Gasteiger partial charge in [-0.05, 0) is 48.6 Å². The van der Waals surface area contributed by atoms with E-state index in [0.717, 1.165) is 23.3 Å². The Hall–Kier alpha value is -3.08. The highest BCUT2D eigenvalue weighted by atomic mass is 16.5. The first-order valence-electron chi connectivity index (χ1n) is 10.4. The number of nitrogens with zero attached hydrogens (tertiary/aromatic N) is 1. The van der Waals surface area contributed by atoms with Crippen molar-refractivity contribution in [2.24, 2.45) is 5.92 Å². The predicted molar refractivity (Wildman–Crippen MR) is 117 cm³/mol. The van der Waals surface area contributed by atoms with Gasteiger partial charge >= 0.3 is 0 Å². The van der Waals surface area contributed by atoms with Gasteiger partial charge in [0, 0.05) is 12.1 Å². The molecule has 1 amide bonds. The average molecular weight is 408 g/mol. The van der Waals surface area contributed by atoms with Crippen LogP contribution in [0.4, 0.5) is 0 Å². The minimum absolute atomic E-state index is 0.134. The quantitative estimate of drug-likeness (QED) is 0.404. The molecule has 0 radical (unpaired) electrons. The Morgan fingerprint density at radius 3 is 2.43 bits per heavy atom. The summed E-state index contributed by atoms with van der Waals surface area (Å²) in [6, 6.07) is 14.1. The molecule has 0 aliphatic carbocycles. The molecule has 5 nitrogen and oxygen atoms in total. The lowest BCUT2D eigenvalue weighted by Gasteiger charge is -2.24. The number of ketones is 1. The lowest BCUT2D eigenvalue weighted by molar-refractivity contribution is -0.139. The van der Waals surface area contributed by atoms with Gasteiger partial charge in [-0.3, -0.25) is 9.59 Å². The van der Waals surface area contributed by atoms with Crippen molar-refractivity contribution in [2.75, 3.05) is 13.2 Å². The number of aryl methyl sites for hydroxylation is 1. The molecule has 0 spiro atoms. The van der Waals surface area contributed by atoms with Gasteiger partial charge in [0.25, 0.3) is 11.7 Å². The van der Waals surface area contributed by atoms with Gasteiger partial charge in [0.05, 0.1) is 18.2 Å². The number of likely N-dealkylation sites (tertiary alicyclic amines) is 1. The standard InChI is InChI=1S/C25H29NO4/c1-5-13-26-22(18-9-7-6-8-10-18)21(24(28)25(26)29)23(27)19-11-12-20(17(4)14-19)30-15-16(2)3/h6-12,14,16,22,27H,5,13,15H2,1-4H3/b23-21-. The summed E-state index contributed by atoms with van der Waals surface area (Å²) in [5, 5.41) is 11.1. The molecule has 158 valence electrons. The minimum Gasteiger partial charge on any atom is -0.507 e. The van der Waals surface area contributed by atoms with Crippen LogP contribution in [0.5, 0.6) is 5.75 Å². The van der Waals surface area contributed by atoms with Gasteiger partial charge in [-0.1, -0.05) is 51.1 Å². The van der Waals surface area contributed by atoms with Crippen LogP contribution in [-0.4, -0.2) is 34.8 Å². The fourth-order valence-electron chi connectivity index (χ4n) is 3.70. The molecule has 1 aliphatic heterocycles. The second kappa shape index (κ2) is 9.16. The van der Waals surface area contributed by atoms with Crippen molar-refractivity contribution in [3.8, 4) is 5.75 Å². The highest BCUT2D eigenvalue weighted by molar-refractivity contribution is 6.46. The molecule has 1 saturated heterocycles. The van der Waals surface area contributed by atoms with E-state index in [1.165, 1.54) is 0 Å². The number of hydrogen-bond acceptors (Lipinski definition) is 4. The van der Waals surface area contributed by atoms with E-state index >= 15 is 0 Å². The van der Waals surface area contributed by atoms with Crippen LogP contribution in [0.3, 0.4) is 0 Å². The van der Waals surface area contributed by atoms with Gasteiger partial charge in [-0.25, -0.2) is 0 Å². The zero-order valence-corrected chi connectivity index (χ0v) is 18.0.